The van der Waals surface area contributed by atoms with E-state index in [0.29, 0.717) is 44.3 Å². The molecule has 0 spiro atoms. The van der Waals surface area contributed by atoms with Gasteiger partial charge >= 0.3 is 0 Å². The summed E-state index contributed by atoms with van der Waals surface area (Å²) in [5.74, 6) is -0.264. The molecule has 1 heterocycles. The molecule has 3 N–H and O–H groups in total. The summed E-state index contributed by atoms with van der Waals surface area (Å²) in [7, 11) is -3.66. The van der Waals surface area contributed by atoms with Crippen molar-refractivity contribution < 1.29 is 22.7 Å². The van der Waals surface area contributed by atoms with Crippen LogP contribution >= 0.6 is 12.4 Å². The molecule has 0 radical (unpaired) electrons. The third kappa shape index (κ3) is 5.31. The third-order valence-electron chi connectivity index (χ3n) is 3.92. The molecule has 1 aliphatic rings. The monoisotopic (exact) mass is 407 g/mol. The number of sulfonamides is 1. The highest BCUT2D eigenvalue weighted by Crippen LogP contribution is 2.30. The second-order valence-electron chi connectivity index (χ2n) is 5.73. The zero-order valence-corrected chi connectivity index (χ0v) is 16.6. The van der Waals surface area contributed by atoms with Gasteiger partial charge in [0.15, 0.2) is 0 Å². The number of halogens is 1. The molecule has 1 aliphatic heterocycles. The summed E-state index contributed by atoms with van der Waals surface area (Å²) in [5.41, 5.74) is 5.83. The van der Waals surface area contributed by atoms with Gasteiger partial charge < -0.3 is 20.5 Å². The molecule has 1 atom stereocenters. The Kier molecular flexibility index (Phi) is 8.78. The molecule has 10 heteroatoms. The fourth-order valence-electron chi connectivity index (χ4n) is 2.35. The first-order chi connectivity index (χ1) is 11.9. The van der Waals surface area contributed by atoms with Crippen molar-refractivity contribution >= 4 is 34.0 Å². The van der Waals surface area contributed by atoms with Crippen molar-refractivity contribution in [3.8, 4) is 5.75 Å². The lowest BCUT2D eigenvalue weighted by atomic mass is 10.1. The van der Waals surface area contributed by atoms with Crippen LogP contribution in [0.2, 0.25) is 0 Å². The van der Waals surface area contributed by atoms with Gasteiger partial charge in [-0.3, -0.25) is 4.79 Å². The van der Waals surface area contributed by atoms with Gasteiger partial charge in [0, 0.05) is 25.6 Å². The van der Waals surface area contributed by atoms with Crippen LogP contribution in [0.15, 0.2) is 23.1 Å². The molecule has 1 aromatic rings. The van der Waals surface area contributed by atoms with E-state index in [1.54, 1.807) is 13.0 Å². The number of hydrogen-bond donors (Lipinski definition) is 2. The molecule has 1 aromatic carbocycles. The van der Waals surface area contributed by atoms with E-state index in [9.17, 15) is 13.2 Å². The van der Waals surface area contributed by atoms with E-state index in [1.165, 1.54) is 16.4 Å². The number of carbonyl (C=O) groups is 1. The Morgan fingerprint density at radius 3 is 2.62 bits per heavy atom. The molecule has 0 aromatic heterocycles. The van der Waals surface area contributed by atoms with Crippen LogP contribution in [0.4, 0.5) is 5.69 Å². The molecule has 2 rings (SSSR count). The normalized spacial score (nSPS) is 16.4. The highest BCUT2D eigenvalue weighted by molar-refractivity contribution is 7.89. The SMILES string of the molecule is CCOc1ccc(S(=O)(=O)N2CCOCC2)cc1NC(=O)C(C)CN.Cl. The number of rotatable bonds is 7. The van der Waals surface area contributed by atoms with Gasteiger partial charge in [0.25, 0.3) is 0 Å². The van der Waals surface area contributed by atoms with Crippen LogP contribution in [0, 0.1) is 5.92 Å². The zero-order chi connectivity index (χ0) is 18.4. The molecule has 26 heavy (non-hydrogen) atoms. The third-order valence-corrected chi connectivity index (χ3v) is 5.81. The predicted octanol–water partition coefficient (Wildman–Crippen LogP) is 1.06. The first-order valence-corrected chi connectivity index (χ1v) is 9.69. The second-order valence-corrected chi connectivity index (χ2v) is 7.67. The van der Waals surface area contributed by atoms with Crippen molar-refractivity contribution in [1.29, 1.82) is 0 Å². The number of amides is 1. The molecular formula is C16H26ClN3O5S. The van der Waals surface area contributed by atoms with E-state index in [1.807, 2.05) is 6.92 Å². The van der Waals surface area contributed by atoms with E-state index >= 15 is 0 Å². The van der Waals surface area contributed by atoms with Crippen LogP contribution in [0.25, 0.3) is 0 Å². The topological polar surface area (TPSA) is 111 Å². The molecule has 1 unspecified atom stereocenters. The number of hydrogen-bond acceptors (Lipinski definition) is 6. The Labute approximate surface area is 160 Å². The molecule has 1 amide bonds. The molecule has 1 saturated heterocycles. The Hall–Kier alpha value is -1.39. The molecular weight excluding hydrogens is 382 g/mol. The van der Waals surface area contributed by atoms with Crippen molar-refractivity contribution in [3.63, 3.8) is 0 Å². The maximum absolute atomic E-state index is 12.8. The van der Waals surface area contributed by atoms with Crippen LogP contribution < -0.4 is 15.8 Å². The van der Waals surface area contributed by atoms with E-state index in [-0.39, 0.29) is 29.8 Å². The van der Waals surface area contributed by atoms with E-state index < -0.39 is 15.9 Å². The Bertz CT molecular complexity index is 708. The summed E-state index contributed by atoms with van der Waals surface area (Å²) in [6, 6.07) is 4.47. The Balaban J connectivity index is 0.00000338. The fourth-order valence-corrected chi connectivity index (χ4v) is 3.78. The number of nitrogens with two attached hydrogens (primary N) is 1. The van der Waals surface area contributed by atoms with Gasteiger partial charge in [0.05, 0.1) is 30.4 Å². The lowest BCUT2D eigenvalue weighted by molar-refractivity contribution is -0.119. The maximum Gasteiger partial charge on any atom is 0.243 e. The fraction of sp³-hybridized carbons (Fsp3) is 0.562. The first kappa shape index (κ1) is 22.7. The summed E-state index contributed by atoms with van der Waals surface area (Å²) in [4.78, 5) is 12.2. The number of nitrogens with one attached hydrogen (secondary N) is 1. The summed E-state index contributed by atoms with van der Waals surface area (Å²) >= 11 is 0. The summed E-state index contributed by atoms with van der Waals surface area (Å²) in [5, 5.41) is 2.71. The van der Waals surface area contributed by atoms with Crippen molar-refractivity contribution in [3.05, 3.63) is 18.2 Å². The highest BCUT2D eigenvalue weighted by atomic mass is 35.5. The second kappa shape index (κ2) is 10.1. The van der Waals surface area contributed by atoms with Gasteiger partial charge in [0.1, 0.15) is 5.75 Å². The molecule has 148 valence electrons. The molecule has 0 saturated carbocycles. The van der Waals surface area contributed by atoms with Gasteiger partial charge in [-0.2, -0.15) is 4.31 Å². The molecule has 0 aliphatic carbocycles. The van der Waals surface area contributed by atoms with E-state index in [2.05, 4.69) is 5.32 Å². The highest BCUT2D eigenvalue weighted by Gasteiger charge is 2.27. The van der Waals surface area contributed by atoms with Crippen LogP contribution in [0.5, 0.6) is 5.75 Å². The lowest BCUT2D eigenvalue weighted by Gasteiger charge is -2.26. The average molecular weight is 408 g/mol. The summed E-state index contributed by atoms with van der Waals surface area (Å²) < 4.78 is 37.6. The van der Waals surface area contributed by atoms with Crippen LogP contribution in [-0.4, -0.2) is 58.1 Å². The Morgan fingerprint density at radius 2 is 2.04 bits per heavy atom. The first-order valence-electron chi connectivity index (χ1n) is 8.25. The minimum absolute atomic E-state index is 0. The number of benzene rings is 1. The lowest BCUT2D eigenvalue weighted by Crippen LogP contribution is -2.40. The van der Waals surface area contributed by atoms with Crippen molar-refractivity contribution in [2.24, 2.45) is 11.7 Å². The largest absolute Gasteiger partial charge is 0.492 e. The van der Waals surface area contributed by atoms with E-state index in [4.69, 9.17) is 15.2 Å². The maximum atomic E-state index is 12.8. The van der Waals surface area contributed by atoms with Crippen LogP contribution in [0.3, 0.4) is 0 Å². The quantitative estimate of drug-likeness (QED) is 0.699. The van der Waals surface area contributed by atoms with Gasteiger partial charge in [-0.15, -0.1) is 12.4 Å². The smallest absolute Gasteiger partial charge is 0.243 e. The minimum Gasteiger partial charge on any atom is -0.492 e. The number of nitrogens with zero attached hydrogens (tertiary/aromatic N) is 1. The summed E-state index contributed by atoms with van der Waals surface area (Å²) in [6.07, 6.45) is 0. The number of ether oxygens (including phenoxy) is 2. The van der Waals surface area contributed by atoms with Gasteiger partial charge in [0.2, 0.25) is 15.9 Å². The average Bonchev–Trinajstić information content (AvgIpc) is 2.63. The van der Waals surface area contributed by atoms with Crippen LogP contribution in [0.1, 0.15) is 13.8 Å². The van der Waals surface area contributed by atoms with Gasteiger partial charge in [-0.25, -0.2) is 8.42 Å². The van der Waals surface area contributed by atoms with Gasteiger partial charge in [-0.05, 0) is 25.1 Å². The predicted molar refractivity (Wildman–Crippen MR) is 101 cm³/mol. The van der Waals surface area contributed by atoms with E-state index in [0.717, 1.165) is 0 Å². The number of anilines is 1. The molecule has 0 bridgehead atoms. The Morgan fingerprint density at radius 1 is 1.38 bits per heavy atom. The van der Waals surface area contributed by atoms with Crippen molar-refractivity contribution in [2.75, 3.05) is 44.8 Å². The van der Waals surface area contributed by atoms with Crippen molar-refractivity contribution in [2.45, 2.75) is 18.7 Å². The standard InChI is InChI=1S/C16H25N3O5S.ClH/c1-3-24-15-5-4-13(10-14(15)18-16(20)12(2)11-17)25(21,22)19-6-8-23-9-7-19;/h4-5,10,12H,3,6-9,11,17H2,1-2H3,(H,18,20);1H. The number of carbonyl (C=O) groups excluding carboxylic acids is 1. The molecule has 8 nitrogen and oxygen atoms in total. The number of morpholine rings is 1. The van der Waals surface area contributed by atoms with Crippen molar-refractivity contribution in [1.82, 2.24) is 4.31 Å². The van der Waals surface area contributed by atoms with Gasteiger partial charge in [-0.1, -0.05) is 6.92 Å². The summed E-state index contributed by atoms with van der Waals surface area (Å²) in [6.45, 7) is 5.45. The minimum atomic E-state index is -3.66. The zero-order valence-electron chi connectivity index (χ0n) is 14.9. The van der Waals surface area contributed by atoms with Crippen LogP contribution in [-0.2, 0) is 19.6 Å². The molecule has 1 fully saturated rings.